The highest BCUT2D eigenvalue weighted by Gasteiger charge is 2.40. The zero-order chi connectivity index (χ0) is 14.3. The summed E-state index contributed by atoms with van der Waals surface area (Å²) < 4.78 is 0. The average Bonchev–Trinajstić information content (AvgIpc) is 2.73. The number of rotatable bonds is 2. The van der Waals surface area contributed by atoms with Gasteiger partial charge in [0, 0.05) is 35.7 Å². The van der Waals surface area contributed by atoms with Crippen LogP contribution in [-0.4, -0.2) is 27.9 Å². The highest BCUT2D eigenvalue weighted by molar-refractivity contribution is 5.85. The molecule has 1 aliphatic heterocycles. The Hall–Kier alpha value is -1.94. The van der Waals surface area contributed by atoms with Crippen molar-refractivity contribution >= 4 is 16.8 Å². The SMILES string of the molecule is CC(C)N1C(=O)CC(N)C1c1cccc2cccnc12. The lowest BCUT2D eigenvalue weighted by molar-refractivity contribution is -0.130. The van der Waals surface area contributed by atoms with Gasteiger partial charge in [0.15, 0.2) is 0 Å². The van der Waals surface area contributed by atoms with Gasteiger partial charge in [-0.3, -0.25) is 9.78 Å². The van der Waals surface area contributed by atoms with E-state index in [0.717, 1.165) is 16.5 Å². The Balaban J connectivity index is 2.16. The van der Waals surface area contributed by atoms with Crippen LogP contribution < -0.4 is 5.73 Å². The Bertz CT molecular complexity index is 648. The van der Waals surface area contributed by atoms with Crippen LogP contribution in [0.25, 0.3) is 10.9 Å². The summed E-state index contributed by atoms with van der Waals surface area (Å²) in [6, 6.07) is 9.92. The van der Waals surface area contributed by atoms with Gasteiger partial charge < -0.3 is 10.6 Å². The fourth-order valence-corrected chi connectivity index (χ4v) is 3.14. The second-order valence-electron chi connectivity index (χ2n) is 5.63. The number of carbonyl (C=O) groups excluding carboxylic acids is 1. The van der Waals surface area contributed by atoms with Crippen LogP contribution in [0.15, 0.2) is 36.5 Å². The lowest BCUT2D eigenvalue weighted by atomic mass is 9.97. The summed E-state index contributed by atoms with van der Waals surface area (Å²) in [5.41, 5.74) is 8.22. The summed E-state index contributed by atoms with van der Waals surface area (Å²) >= 11 is 0. The van der Waals surface area contributed by atoms with Gasteiger partial charge >= 0.3 is 0 Å². The standard InChI is InChI=1S/C16H19N3O/c1-10(2)19-14(20)9-13(17)16(19)12-7-3-5-11-6-4-8-18-15(11)12/h3-8,10,13,16H,9,17H2,1-2H3. The maximum atomic E-state index is 12.2. The van der Waals surface area contributed by atoms with Crippen LogP contribution in [-0.2, 0) is 4.79 Å². The van der Waals surface area contributed by atoms with E-state index in [4.69, 9.17) is 5.73 Å². The van der Waals surface area contributed by atoms with Crippen molar-refractivity contribution in [2.45, 2.75) is 38.4 Å². The molecule has 104 valence electrons. The number of hydrogen-bond acceptors (Lipinski definition) is 3. The molecule has 3 rings (SSSR count). The molecule has 1 aromatic carbocycles. The van der Waals surface area contributed by atoms with Crippen LogP contribution in [0.3, 0.4) is 0 Å². The van der Waals surface area contributed by atoms with Gasteiger partial charge in [0.05, 0.1) is 11.6 Å². The lowest BCUT2D eigenvalue weighted by Crippen LogP contribution is -2.37. The van der Waals surface area contributed by atoms with Crippen molar-refractivity contribution < 1.29 is 4.79 Å². The molecule has 0 saturated carbocycles. The largest absolute Gasteiger partial charge is 0.332 e. The van der Waals surface area contributed by atoms with Gasteiger partial charge in [0.1, 0.15) is 0 Å². The highest BCUT2D eigenvalue weighted by Crippen LogP contribution is 2.36. The third-order valence-electron chi connectivity index (χ3n) is 3.94. The summed E-state index contributed by atoms with van der Waals surface area (Å²) in [6.07, 6.45) is 2.19. The van der Waals surface area contributed by atoms with E-state index in [1.165, 1.54) is 0 Å². The minimum Gasteiger partial charge on any atom is -0.332 e. The third kappa shape index (κ3) is 1.96. The van der Waals surface area contributed by atoms with Gasteiger partial charge in [-0.15, -0.1) is 0 Å². The first-order chi connectivity index (χ1) is 9.59. The van der Waals surface area contributed by atoms with Crippen LogP contribution in [0, 0.1) is 0 Å². The third-order valence-corrected chi connectivity index (χ3v) is 3.94. The molecule has 4 nitrogen and oxygen atoms in total. The minimum absolute atomic E-state index is 0.0823. The first-order valence-electron chi connectivity index (χ1n) is 7.00. The summed E-state index contributed by atoms with van der Waals surface area (Å²) in [7, 11) is 0. The molecule has 4 heteroatoms. The second kappa shape index (κ2) is 4.87. The number of carbonyl (C=O) groups is 1. The van der Waals surface area contributed by atoms with Crippen LogP contribution in [0.2, 0.25) is 0 Å². The molecule has 0 spiro atoms. The molecule has 1 aliphatic rings. The molecular formula is C16H19N3O. The molecule has 0 bridgehead atoms. The summed E-state index contributed by atoms with van der Waals surface area (Å²) in [5, 5.41) is 1.08. The van der Waals surface area contributed by atoms with Crippen LogP contribution >= 0.6 is 0 Å². The number of likely N-dealkylation sites (tertiary alicyclic amines) is 1. The predicted molar refractivity (Wildman–Crippen MR) is 79.1 cm³/mol. The van der Waals surface area contributed by atoms with E-state index >= 15 is 0 Å². The summed E-state index contributed by atoms with van der Waals surface area (Å²) in [6.45, 7) is 4.06. The van der Waals surface area contributed by atoms with Crippen LogP contribution in [0.5, 0.6) is 0 Å². The van der Waals surface area contributed by atoms with E-state index in [-0.39, 0.29) is 24.0 Å². The van der Waals surface area contributed by atoms with Crippen molar-refractivity contribution in [1.82, 2.24) is 9.88 Å². The van der Waals surface area contributed by atoms with Gasteiger partial charge in [-0.25, -0.2) is 0 Å². The van der Waals surface area contributed by atoms with E-state index in [2.05, 4.69) is 4.98 Å². The number of pyridine rings is 1. The van der Waals surface area contributed by atoms with Crippen molar-refractivity contribution in [1.29, 1.82) is 0 Å². The number of para-hydroxylation sites is 1. The zero-order valence-corrected chi connectivity index (χ0v) is 11.8. The molecule has 1 aromatic heterocycles. The molecule has 1 saturated heterocycles. The van der Waals surface area contributed by atoms with Crippen molar-refractivity contribution in [2.75, 3.05) is 0 Å². The quantitative estimate of drug-likeness (QED) is 0.909. The highest BCUT2D eigenvalue weighted by atomic mass is 16.2. The van der Waals surface area contributed by atoms with Gasteiger partial charge in [0.25, 0.3) is 0 Å². The van der Waals surface area contributed by atoms with Crippen LogP contribution in [0.4, 0.5) is 0 Å². The second-order valence-corrected chi connectivity index (χ2v) is 5.63. The Morgan fingerprint density at radius 1 is 1.30 bits per heavy atom. The fourth-order valence-electron chi connectivity index (χ4n) is 3.14. The Labute approximate surface area is 118 Å². The fraction of sp³-hybridized carbons (Fsp3) is 0.375. The number of nitrogens with two attached hydrogens (primary N) is 1. The van der Waals surface area contributed by atoms with E-state index in [1.54, 1.807) is 6.20 Å². The molecule has 2 N–H and O–H groups in total. The molecule has 2 atom stereocenters. The number of nitrogens with zero attached hydrogens (tertiary/aromatic N) is 2. The molecular weight excluding hydrogens is 250 g/mol. The van der Waals surface area contributed by atoms with Crippen molar-refractivity contribution in [3.63, 3.8) is 0 Å². The van der Waals surface area contributed by atoms with Crippen molar-refractivity contribution in [3.8, 4) is 0 Å². The van der Waals surface area contributed by atoms with Gasteiger partial charge in [0.2, 0.25) is 5.91 Å². The van der Waals surface area contributed by atoms with E-state index in [1.807, 2.05) is 49.1 Å². The Kier molecular flexibility index (Phi) is 3.18. The molecule has 1 fully saturated rings. The zero-order valence-electron chi connectivity index (χ0n) is 11.8. The lowest BCUT2D eigenvalue weighted by Gasteiger charge is -2.31. The number of amides is 1. The molecule has 20 heavy (non-hydrogen) atoms. The molecule has 0 aliphatic carbocycles. The first kappa shape index (κ1) is 13.1. The minimum atomic E-state index is -0.169. The topological polar surface area (TPSA) is 59.2 Å². The summed E-state index contributed by atoms with van der Waals surface area (Å²) in [5.74, 6) is 0.130. The average molecular weight is 269 g/mol. The number of benzene rings is 1. The van der Waals surface area contributed by atoms with Gasteiger partial charge in [-0.1, -0.05) is 24.3 Å². The van der Waals surface area contributed by atoms with E-state index in [9.17, 15) is 4.79 Å². The molecule has 2 aromatic rings. The number of hydrogen-bond donors (Lipinski definition) is 1. The Morgan fingerprint density at radius 2 is 2.05 bits per heavy atom. The van der Waals surface area contributed by atoms with Crippen LogP contribution in [0.1, 0.15) is 31.9 Å². The van der Waals surface area contributed by atoms with Crippen molar-refractivity contribution in [3.05, 3.63) is 42.1 Å². The molecule has 2 unspecified atom stereocenters. The van der Waals surface area contributed by atoms with E-state index in [0.29, 0.717) is 6.42 Å². The predicted octanol–water partition coefficient (Wildman–Crippen LogP) is 2.24. The molecule has 2 heterocycles. The van der Waals surface area contributed by atoms with Crippen molar-refractivity contribution in [2.24, 2.45) is 5.73 Å². The van der Waals surface area contributed by atoms with E-state index < -0.39 is 0 Å². The maximum absolute atomic E-state index is 12.2. The number of aromatic nitrogens is 1. The number of fused-ring (bicyclic) bond motifs is 1. The van der Waals surface area contributed by atoms with Gasteiger partial charge in [-0.05, 0) is 19.9 Å². The summed E-state index contributed by atoms with van der Waals surface area (Å²) in [4.78, 5) is 18.6. The van der Waals surface area contributed by atoms with Gasteiger partial charge in [-0.2, -0.15) is 0 Å². The maximum Gasteiger partial charge on any atom is 0.225 e. The molecule has 0 radical (unpaired) electrons. The molecule has 1 amide bonds. The monoisotopic (exact) mass is 269 g/mol. The smallest absolute Gasteiger partial charge is 0.225 e. The Morgan fingerprint density at radius 3 is 2.80 bits per heavy atom. The normalized spacial score (nSPS) is 23.0. The first-order valence-corrected chi connectivity index (χ1v) is 7.00.